The van der Waals surface area contributed by atoms with Crippen molar-refractivity contribution in [3.05, 3.63) is 24.0 Å². The number of sulfonamides is 1. The average Bonchev–Trinajstić information content (AvgIpc) is 3.13. The molecule has 1 aromatic rings. The summed E-state index contributed by atoms with van der Waals surface area (Å²) in [4.78, 5) is 0. The van der Waals surface area contributed by atoms with E-state index in [1.54, 1.807) is 6.20 Å². The molecule has 0 N–H and O–H groups in total. The van der Waals surface area contributed by atoms with E-state index < -0.39 is 10.0 Å². The fourth-order valence-corrected chi connectivity index (χ4v) is 5.82. The maximum absolute atomic E-state index is 12.5. The summed E-state index contributed by atoms with van der Waals surface area (Å²) in [6.07, 6.45) is 8.40. The first kappa shape index (κ1) is 12.6. The van der Waals surface area contributed by atoms with Gasteiger partial charge in [-0.15, -0.1) is 0 Å². The predicted molar refractivity (Wildman–Crippen MR) is 76.4 cm³/mol. The van der Waals surface area contributed by atoms with E-state index in [2.05, 4.69) is 11.2 Å². The summed E-state index contributed by atoms with van der Waals surface area (Å²) in [5.74, 6) is 0. The smallest absolute Gasteiger partial charge is 0.217 e. The van der Waals surface area contributed by atoms with E-state index in [1.165, 1.54) is 5.57 Å². The Morgan fingerprint density at radius 3 is 2.65 bits per heavy atom. The van der Waals surface area contributed by atoms with Crippen LogP contribution in [-0.4, -0.2) is 39.8 Å². The minimum absolute atomic E-state index is 0.0595. The van der Waals surface area contributed by atoms with Crippen molar-refractivity contribution in [1.82, 2.24) is 14.1 Å². The first-order valence-corrected chi connectivity index (χ1v) is 8.79. The first-order valence-electron chi connectivity index (χ1n) is 7.29. The second kappa shape index (κ2) is 4.18. The Kier molecular flexibility index (Phi) is 2.63. The third-order valence-electron chi connectivity index (χ3n) is 4.72. The maximum atomic E-state index is 12.5. The van der Waals surface area contributed by atoms with Crippen LogP contribution in [0.4, 0.5) is 0 Å². The molecule has 1 aliphatic carbocycles. The van der Waals surface area contributed by atoms with Crippen LogP contribution in [-0.2, 0) is 17.1 Å². The highest BCUT2D eigenvalue weighted by Gasteiger charge is 2.49. The number of rotatable bonds is 3. The van der Waals surface area contributed by atoms with Gasteiger partial charge in [-0.05, 0) is 43.7 Å². The molecule has 20 heavy (non-hydrogen) atoms. The molecule has 2 aliphatic heterocycles. The molecular weight excluding hydrogens is 274 g/mol. The number of fused-ring (bicyclic) bond motifs is 2. The van der Waals surface area contributed by atoms with Crippen molar-refractivity contribution in [1.29, 1.82) is 0 Å². The van der Waals surface area contributed by atoms with Crippen molar-refractivity contribution in [2.45, 2.75) is 49.4 Å². The van der Waals surface area contributed by atoms with Crippen LogP contribution in [0.2, 0.25) is 0 Å². The fourth-order valence-electron chi connectivity index (χ4n) is 3.60. The number of aromatic nitrogens is 2. The molecule has 0 aromatic carbocycles. The summed E-state index contributed by atoms with van der Waals surface area (Å²) in [5.41, 5.74) is 2.37. The van der Waals surface area contributed by atoms with Gasteiger partial charge in [-0.25, -0.2) is 8.42 Å². The van der Waals surface area contributed by atoms with Gasteiger partial charge in [0.15, 0.2) is 0 Å². The van der Waals surface area contributed by atoms with Crippen molar-refractivity contribution in [3.8, 4) is 0 Å². The molecule has 0 amide bonds. The van der Waals surface area contributed by atoms with E-state index in [9.17, 15) is 8.42 Å². The van der Waals surface area contributed by atoms with Gasteiger partial charge in [0, 0.05) is 25.3 Å². The summed E-state index contributed by atoms with van der Waals surface area (Å²) in [6.45, 7) is 0. The molecule has 0 spiro atoms. The van der Waals surface area contributed by atoms with Crippen LogP contribution in [0.15, 0.2) is 18.3 Å². The standard InChI is InChI=1S/C14H19N3O2S/c1-16-14(6-7-15-16)10-8-11-2-3-12(9-10)17(11)20(18,19)13-4-5-13/h6-8,11-13H,2-5,9H2,1H3/t11-,12+/m1/s1. The van der Waals surface area contributed by atoms with E-state index in [1.807, 2.05) is 22.1 Å². The van der Waals surface area contributed by atoms with Gasteiger partial charge in [-0.2, -0.15) is 9.40 Å². The Bertz CT molecular complexity index is 672. The number of aryl methyl sites for hydroxylation is 1. The Labute approximate surface area is 119 Å². The summed E-state index contributed by atoms with van der Waals surface area (Å²) in [5, 5.41) is 4.11. The van der Waals surface area contributed by atoms with Gasteiger partial charge in [0.25, 0.3) is 0 Å². The lowest BCUT2D eigenvalue weighted by atomic mass is 10.0. The lowest BCUT2D eigenvalue weighted by Crippen LogP contribution is -2.44. The summed E-state index contributed by atoms with van der Waals surface area (Å²) >= 11 is 0. The van der Waals surface area contributed by atoms with Crippen LogP contribution < -0.4 is 0 Å². The highest BCUT2D eigenvalue weighted by molar-refractivity contribution is 7.90. The molecule has 2 bridgehead atoms. The van der Waals surface area contributed by atoms with Gasteiger partial charge >= 0.3 is 0 Å². The zero-order valence-corrected chi connectivity index (χ0v) is 12.4. The Morgan fingerprint density at radius 2 is 2.05 bits per heavy atom. The molecule has 4 rings (SSSR count). The van der Waals surface area contributed by atoms with Crippen LogP contribution in [0.3, 0.4) is 0 Å². The highest BCUT2D eigenvalue weighted by atomic mass is 32.2. The Morgan fingerprint density at radius 1 is 1.25 bits per heavy atom. The Hall–Kier alpha value is -1.14. The van der Waals surface area contributed by atoms with Crippen molar-refractivity contribution < 1.29 is 8.42 Å². The SMILES string of the molecule is Cn1nccc1C1=C[C@H]2CC[C@@H](C1)N2S(=O)(=O)C1CC1. The molecule has 3 heterocycles. The predicted octanol–water partition coefficient (Wildman–Crippen LogP) is 1.53. The number of hydrogen-bond acceptors (Lipinski definition) is 3. The van der Waals surface area contributed by atoms with Crippen molar-refractivity contribution in [2.75, 3.05) is 0 Å². The minimum atomic E-state index is -3.06. The van der Waals surface area contributed by atoms with Gasteiger partial charge in [-0.3, -0.25) is 4.68 Å². The molecule has 2 fully saturated rings. The highest BCUT2D eigenvalue weighted by Crippen LogP contribution is 2.43. The van der Waals surface area contributed by atoms with Crippen LogP contribution in [0.1, 0.15) is 37.8 Å². The van der Waals surface area contributed by atoms with Crippen LogP contribution in [0.25, 0.3) is 5.57 Å². The normalized spacial score (nSPS) is 30.6. The van der Waals surface area contributed by atoms with Crippen LogP contribution >= 0.6 is 0 Å². The monoisotopic (exact) mass is 293 g/mol. The van der Waals surface area contributed by atoms with Crippen LogP contribution in [0, 0.1) is 0 Å². The molecule has 108 valence electrons. The quantitative estimate of drug-likeness (QED) is 0.849. The molecule has 2 atom stereocenters. The first-order chi connectivity index (χ1) is 9.57. The largest absolute Gasteiger partial charge is 0.268 e. The minimum Gasteiger partial charge on any atom is -0.268 e. The fraction of sp³-hybridized carbons (Fsp3) is 0.643. The van der Waals surface area contributed by atoms with Gasteiger partial charge in [-0.1, -0.05) is 6.08 Å². The molecule has 3 aliphatic rings. The van der Waals surface area contributed by atoms with Crippen LogP contribution in [0.5, 0.6) is 0 Å². The lowest BCUT2D eigenvalue weighted by molar-refractivity contribution is 0.344. The molecule has 1 aromatic heterocycles. The van der Waals surface area contributed by atoms with E-state index >= 15 is 0 Å². The molecule has 5 nitrogen and oxygen atoms in total. The average molecular weight is 293 g/mol. The van der Waals surface area contributed by atoms with E-state index in [4.69, 9.17) is 0 Å². The van der Waals surface area contributed by atoms with E-state index in [0.29, 0.717) is 0 Å². The Balaban J connectivity index is 1.69. The number of hydrogen-bond donors (Lipinski definition) is 0. The molecule has 0 radical (unpaired) electrons. The van der Waals surface area contributed by atoms with Crippen molar-refractivity contribution in [2.24, 2.45) is 7.05 Å². The van der Waals surface area contributed by atoms with Gasteiger partial charge < -0.3 is 0 Å². The maximum Gasteiger partial charge on any atom is 0.217 e. The van der Waals surface area contributed by atoms with Crippen molar-refractivity contribution in [3.63, 3.8) is 0 Å². The van der Waals surface area contributed by atoms with E-state index in [0.717, 1.165) is 37.8 Å². The zero-order chi connectivity index (χ0) is 13.9. The van der Waals surface area contributed by atoms with Gasteiger partial charge in [0.1, 0.15) is 0 Å². The third-order valence-corrected chi connectivity index (χ3v) is 7.19. The summed E-state index contributed by atoms with van der Waals surface area (Å²) < 4.78 is 28.8. The molecule has 6 heteroatoms. The summed E-state index contributed by atoms with van der Waals surface area (Å²) in [7, 11) is -1.12. The summed E-state index contributed by atoms with van der Waals surface area (Å²) in [6, 6.07) is 2.22. The molecule has 1 saturated carbocycles. The molecule has 0 unspecified atom stereocenters. The molecular formula is C14H19N3O2S. The van der Waals surface area contributed by atoms with Gasteiger partial charge in [0.2, 0.25) is 10.0 Å². The number of nitrogens with zero attached hydrogens (tertiary/aromatic N) is 3. The second-order valence-corrected chi connectivity index (χ2v) is 8.23. The van der Waals surface area contributed by atoms with E-state index in [-0.39, 0.29) is 17.3 Å². The zero-order valence-electron chi connectivity index (χ0n) is 11.6. The molecule has 1 saturated heterocycles. The second-order valence-electron chi connectivity index (χ2n) is 6.11. The lowest BCUT2D eigenvalue weighted by Gasteiger charge is -2.33. The van der Waals surface area contributed by atoms with Crippen molar-refractivity contribution >= 4 is 15.6 Å². The topological polar surface area (TPSA) is 55.2 Å². The van der Waals surface area contributed by atoms with Gasteiger partial charge in [0.05, 0.1) is 10.9 Å². The third kappa shape index (κ3) is 1.78.